The smallest absolute Gasteiger partial charge is 0.0813 e. The summed E-state index contributed by atoms with van der Waals surface area (Å²) in [6, 6.07) is 17.5. The molecule has 1 aromatic heterocycles. The zero-order valence-corrected chi connectivity index (χ0v) is 18.5. The molecule has 0 saturated carbocycles. The van der Waals surface area contributed by atoms with Crippen LogP contribution in [0, 0.1) is 0 Å². The third kappa shape index (κ3) is 5.08. The Morgan fingerprint density at radius 1 is 0.500 bits per heavy atom. The summed E-state index contributed by atoms with van der Waals surface area (Å²) in [5.41, 5.74) is 6.72. The molecule has 0 spiro atoms. The maximum atomic E-state index is 4.54. The first-order valence-electron chi connectivity index (χ1n) is 11.7. The number of benzene rings is 2. The Labute approximate surface area is 190 Å². The molecule has 2 aliphatic heterocycles. The number of anilines is 2. The highest BCUT2D eigenvalue weighted by molar-refractivity contribution is 5.71. The van der Waals surface area contributed by atoms with Crippen LogP contribution in [-0.2, 0) is 0 Å². The molecule has 4 heteroatoms. The average Bonchev–Trinajstić information content (AvgIpc) is 3.58. The van der Waals surface area contributed by atoms with E-state index in [1.807, 2.05) is 24.5 Å². The highest BCUT2D eigenvalue weighted by atomic mass is 15.1. The predicted octanol–water partition coefficient (Wildman–Crippen LogP) is 6.02. The number of hydrogen-bond donors (Lipinski definition) is 0. The third-order valence-corrected chi connectivity index (χ3v) is 6.31. The Bertz CT molecular complexity index is 965. The zero-order valence-electron chi connectivity index (χ0n) is 18.5. The lowest BCUT2D eigenvalue weighted by Gasteiger charge is -2.17. The maximum absolute atomic E-state index is 4.54. The normalized spacial score (nSPS) is 16.6. The highest BCUT2D eigenvalue weighted by Gasteiger charge is 2.12. The minimum absolute atomic E-state index is 0.862. The molecule has 2 aliphatic rings. The SMILES string of the molecule is C(=C\c1cnc(/C=C/c2ccc(N3CCCC3)cc2)cn1)/c1ccc(N2CCCC2)cc1. The summed E-state index contributed by atoms with van der Waals surface area (Å²) in [6.07, 6.45) is 17.1. The Morgan fingerprint density at radius 3 is 1.22 bits per heavy atom. The van der Waals surface area contributed by atoms with Crippen molar-refractivity contribution in [3.63, 3.8) is 0 Å². The molecule has 3 aromatic rings. The first-order chi connectivity index (χ1) is 15.8. The van der Waals surface area contributed by atoms with Crippen LogP contribution < -0.4 is 9.80 Å². The zero-order chi connectivity index (χ0) is 21.6. The van der Waals surface area contributed by atoms with Crippen LogP contribution in [0.4, 0.5) is 11.4 Å². The van der Waals surface area contributed by atoms with Gasteiger partial charge in [0.2, 0.25) is 0 Å². The van der Waals surface area contributed by atoms with Crippen molar-refractivity contribution >= 4 is 35.7 Å². The van der Waals surface area contributed by atoms with Crippen molar-refractivity contribution in [3.8, 4) is 0 Å². The Balaban J connectivity index is 1.17. The van der Waals surface area contributed by atoms with Gasteiger partial charge in [0, 0.05) is 37.6 Å². The lowest BCUT2D eigenvalue weighted by atomic mass is 10.1. The second kappa shape index (κ2) is 9.82. The molecule has 2 fully saturated rings. The van der Waals surface area contributed by atoms with Crippen molar-refractivity contribution in [2.75, 3.05) is 36.0 Å². The quantitative estimate of drug-likeness (QED) is 0.486. The van der Waals surface area contributed by atoms with Crippen molar-refractivity contribution in [2.45, 2.75) is 25.7 Å². The molecular weight excluding hydrogens is 392 g/mol. The minimum Gasteiger partial charge on any atom is -0.372 e. The number of aromatic nitrogens is 2. The summed E-state index contributed by atoms with van der Waals surface area (Å²) < 4.78 is 0. The Kier molecular flexibility index (Phi) is 6.29. The lowest BCUT2D eigenvalue weighted by Crippen LogP contribution is -2.17. The van der Waals surface area contributed by atoms with Gasteiger partial charge in [0.15, 0.2) is 0 Å². The summed E-state index contributed by atoms with van der Waals surface area (Å²) >= 11 is 0. The molecule has 3 heterocycles. The predicted molar refractivity (Wildman–Crippen MR) is 136 cm³/mol. The molecule has 162 valence electrons. The molecule has 2 saturated heterocycles. The van der Waals surface area contributed by atoms with E-state index >= 15 is 0 Å². The van der Waals surface area contributed by atoms with E-state index in [0.717, 1.165) is 11.4 Å². The largest absolute Gasteiger partial charge is 0.372 e. The van der Waals surface area contributed by atoms with Gasteiger partial charge in [-0.3, -0.25) is 9.97 Å². The van der Waals surface area contributed by atoms with E-state index in [1.54, 1.807) is 0 Å². The summed E-state index contributed by atoms with van der Waals surface area (Å²) in [5.74, 6) is 0. The van der Waals surface area contributed by atoms with Crippen molar-refractivity contribution in [1.29, 1.82) is 0 Å². The lowest BCUT2D eigenvalue weighted by molar-refractivity contribution is 0.949. The van der Waals surface area contributed by atoms with E-state index in [2.05, 4.69) is 80.5 Å². The molecule has 0 amide bonds. The van der Waals surface area contributed by atoms with Crippen molar-refractivity contribution in [1.82, 2.24) is 9.97 Å². The van der Waals surface area contributed by atoms with E-state index in [1.165, 1.54) is 74.4 Å². The summed E-state index contributed by atoms with van der Waals surface area (Å²) in [5, 5.41) is 0. The highest BCUT2D eigenvalue weighted by Crippen LogP contribution is 2.22. The van der Waals surface area contributed by atoms with Gasteiger partial charge in [0.05, 0.1) is 23.8 Å². The standard InChI is InChI=1S/C28H30N4/c1-2-18-31(17-1)27-13-7-23(8-14-27)5-11-25-21-30-26(22-29-25)12-6-24-9-15-28(16-10-24)32-19-3-4-20-32/h5-16,21-22H,1-4,17-20H2/b11-5+,12-6+. The third-order valence-electron chi connectivity index (χ3n) is 6.31. The topological polar surface area (TPSA) is 32.3 Å². The minimum atomic E-state index is 0.862. The van der Waals surface area contributed by atoms with Crippen LogP contribution in [0.15, 0.2) is 60.9 Å². The van der Waals surface area contributed by atoms with Crippen LogP contribution in [0.25, 0.3) is 24.3 Å². The molecule has 0 N–H and O–H groups in total. The first-order valence-corrected chi connectivity index (χ1v) is 11.7. The van der Waals surface area contributed by atoms with Gasteiger partial charge < -0.3 is 9.80 Å². The fourth-order valence-corrected chi connectivity index (χ4v) is 4.43. The van der Waals surface area contributed by atoms with E-state index in [0.29, 0.717) is 0 Å². The molecule has 0 atom stereocenters. The van der Waals surface area contributed by atoms with Gasteiger partial charge in [-0.1, -0.05) is 36.4 Å². The fraction of sp³-hybridized carbons (Fsp3) is 0.286. The monoisotopic (exact) mass is 422 g/mol. The summed E-state index contributed by atoms with van der Waals surface area (Å²) in [4.78, 5) is 14.0. The molecule has 4 nitrogen and oxygen atoms in total. The van der Waals surface area contributed by atoms with Gasteiger partial charge in [-0.15, -0.1) is 0 Å². The van der Waals surface area contributed by atoms with Crippen LogP contribution in [0.2, 0.25) is 0 Å². The van der Waals surface area contributed by atoms with Crippen molar-refractivity contribution in [3.05, 3.63) is 83.4 Å². The second-order valence-corrected chi connectivity index (χ2v) is 8.60. The van der Waals surface area contributed by atoms with Gasteiger partial charge >= 0.3 is 0 Å². The van der Waals surface area contributed by atoms with Crippen LogP contribution in [0.5, 0.6) is 0 Å². The number of hydrogen-bond acceptors (Lipinski definition) is 4. The van der Waals surface area contributed by atoms with Gasteiger partial charge in [0.25, 0.3) is 0 Å². The Morgan fingerprint density at radius 2 is 0.875 bits per heavy atom. The number of rotatable bonds is 6. The summed E-state index contributed by atoms with van der Waals surface area (Å²) in [6.45, 7) is 4.70. The number of nitrogens with zero attached hydrogens (tertiary/aromatic N) is 4. The molecular formula is C28H30N4. The molecule has 0 radical (unpaired) electrons. The van der Waals surface area contributed by atoms with E-state index in [-0.39, 0.29) is 0 Å². The first kappa shape index (κ1) is 20.5. The van der Waals surface area contributed by atoms with Gasteiger partial charge in [0.1, 0.15) is 0 Å². The molecule has 5 rings (SSSR count). The summed E-state index contributed by atoms with van der Waals surface area (Å²) in [7, 11) is 0. The van der Waals surface area contributed by atoms with Crippen LogP contribution in [0.1, 0.15) is 48.2 Å². The molecule has 0 bridgehead atoms. The Hall–Kier alpha value is -3.40. The van der Waals surface area contributed by atoms with Gasteiger partial charge in [-0.25, -0.2) is 0 Å². The van der Waals surface area contributed by atoms with Crippen LogP contribution in [-0.4, -0.2) is 36.1 Å². The van der Waals surface area contributed by atoms with E-state index < -0.39 is 0 Å². The average molecular weight is 423 g/mol. The second-order valence-electron chi connectivity index (χ2n) is 8.60. The van der Waals surface area contributed by atoms with Crippen LogP contribution in [0.3, 0.4) is 0 Å². The van der Waals surface area contributed by atoms with Crippen molar-refractivity contribution in [2.24, 2.45) is 0 Å². The van der Waals surface area contributed by atoms with E-state index in [4.69, 9.17) is 0 Å². The molecule has 2 aromatic carbocycles. The molecule has 0 aliphatic carbocycles. The van der Waals surface area contributed by atoms with Gasteiger partial charge in [-0.2, -0.15) is 0 Å². The fourth-order valence-electron chi connectivity index (χ4n) is 4.43. The maximum Gasteiger partial charge on any atom is 0.0813 e. The van der Waals surface area contributed by atoms with Gasteiger partial charge in [-0.05, 0) is 73.2 Å². The van der Waals surface area contributed by atoms with Crippen molar-refractivity contribution < 1.29 is 0 Å². The molecule has 0 unspecified atom stereocenters. The molecule has 32 heavy (non-hydrogen) atoms. The van der Waals surface area contributed by atoms with E-state index in [9.17, 15) is 0 Å². The van der Waals surface area contributed by atoms with Crippen LogP contribution >= 0.6 is 0 Å².